The highest BCUT2D eigenvalue weighted by Crippen LogP contribution is 2.25. The molecule has 4 heteroatoms. The molecule has 26 heavy (non-hydrogen) atoms. The van der Waals surface area contributed by atoms with Gasteiger partial charge in [-0.15, -0.1) is 0 Å². The van der Waals surface area contributed by atoms with Crippen molar-refractivity contribution >= 4 is 11.6 Å². The molecule has 0 fully saturated rings. The number of hydrogen-bond donors (Lipinski definition) is 0. The molecule has 0 aliphatic carbocycles. The number of aromatic nitrogens is 2. The van der Waals surface area contributed by atoms with Gasteiger partial charge < -0.3 is 0 Å². The Labute approximate surface area is 156 Å². The van der Waals surface area contributed by atoms with E-state index in [4.69, 9.17) is 11.6 Å². The SMILES string of the molecule is O=c1c(-c2cccc(Cl)c2)cc(-c2ccccn2)cn1-c1ccccc1. The van der Waals surface area contributed by atoms with Gasteiger partial charge in [0.05, 0.1) is 5.69 Å². The van der Waals surface area contributed by atoms with Gasteiger partial charge in [-0.05, 0) is 48.0 Å². The van der Waals surface area contributed by atoms with E-state index in [9.17, 15) is 4.79 Å². The molecule has 2 heterocycles. The molecule has 4 rings (SSSR count). The highest BCUT2D eigenvalue weighted by atomic mass is 35.5. The summed E-state index contributed by atoms with van der Waals surface area (Å²) in [6.45, 7) is 0. The fraction of sp³-hybridized carbons (Fsp3) is 0. The van der Waals surface area contributed by atoms with Crippen LogP contribution < -0.4 is 5.56 Å². The molecule has 0 atom stereocenters. The molecule has 0 amide bonds. The Morgan fingerprint density at radius 3 is 2.35 bits per heavy atom. The van der Waals surface area contributed by atoms with E-state index >= 15 is 0 Å². The summed E-state index contributed by atoms with van der Waals surface area (Å²) in [5.41, 5.74) is 3.74. The Hall–Kier alpha value is -3.17. The average molecular weight is 359 g/mol. The van der Waals surface area contributed by atoms with Crippen LogP contribution in [-0.4, -0.2) is 9.55 Å². The van der Waals surface area contributed by atoms with Crippen molar-refractivity contribution in [3.63, 3.8) is 0 Å². The van der Waals surface area contributed by atoms with E-state index in [2.05, 4.69) is 4.98 Å². The molecule has 0 spiro atoms. The highest BCUT2D eigenvalue weighted by molar-refractivity contribution is 6.30. The Balaban J connectivity index is 2.01. The van der Waals surface area contributed by atoms with Crippen molar-refractivity contribution < 1.29 is 0 Å². The fourth-order valence-electron chi connectivity index (χ4n) is 2.90. The van der Waals surface area contributed by atoms with E-state index in [-0.39, 0.29) is 5.56 Å². The van der Waals surface area contributed by atoms with Crippen LogP contribution in [0.2, 0.25) is 5.02 Å². The molecule has 0 radical (unpaired) electrons. The van der Waals surface area contributed by atoms with Crippen LogP contribution in [0.1, 0.15) is 0 Å². The van der Waals surface area contributed by atoms with Gasteiger partial charge in [0.1, 0.15) is 0 Å². The van der Waals surface area contributed by atoms with E-state index in [1.54, 1.807) is 22.9 Å². The first kappa shape index (κ1) is 16.3. The first-order chi connectivity index (χ1) is 12.7. The van der Waals surface area contributed by atoms with E-state index in [1.165, 1.54) is 0 Å². The first-order valence-electron chi connectivity index (χ1n) is 8.22. The summed E-state index contributed by atoms with van der Waals surface area (Å²) >= 11 is 6.14. The molecule has 0 saturated carbocycles. The van der Waals surface area contributed by atoms with Crippen LogP contribution >= 0.6 is 11.6 Å². The molecular formula is C22H15ClN2O. The number of rotatable bonds is 3. The molecule has 2 aromatic heterocycles. The van der Waals surface area contributed by atoms with Crippen molar-refractivity contribution in [2.24, 2.45) is 0 Å². The van der Waals surface area contributed by atoms with E-state index in [1.807, 2.05) is 72.9 Å². The number of hydrogen-bond acceptors (Lipinski definition) is 2. The Morgan fingerprint density at radius 1 is 0.808 bits per heavy atom. The minimum atomic E-state index is -0.0989. The molecule has 0 unspecified atom stereocenters. The van der Waals surface area contributed by atoms with Crippen LogP contribution in [0, 0.1) is 0 Å². The minimum Gasteiger partial charge on any atom is -0.283 e. The lowest BCUT2D eigenvalue weighted by atomic mass is 10.0. The molecular weight excluding hydrogens is 344 g/mol. The zero-order valence-electron chi connectivity index (χ0n) is 13.8. The van der Waals surface area contributed by atoms with E-state index in [0.717, 1.165) is 22.5 Å². The van der Waals surface area contributed by atoms with Crippen LogP contribution in [0.5, 0.6) is 0 Å². The summed E-state index contributed by atoms with van der Waals surface area (Å²) in [5.74, 6) is 0. The average Bonchev–Trinajstić information content (AvgIpc) is 2.69. The van der Waals surface area contributed by atoms with Crippen LogP contribution in [0.3, 0.4) is 0 Å². The molecule has 2 aromatic carbocycles. The predicted molar refractivity (Wildman–Crippen MR) is 106 cm³/mol. The molecule has 0 aliphatic rings. The molecule has 0 saturated heterocycles. The standard InChI is InChI=1S/C22H15ClN2O/c23-18-8-6-7-16(13-18)20-14-17(21-11-4-5-12-24-21)15-25(22(20)26)19-9-2-1-3-10-19/h1-15H. The molecule has 0 bridgehead atoms. The predicted octanol–water partition coefficient (Wildman–Crippen LogP) is 5.22. The van der Waals surface area contributed by atoms with Crippen LogP contribution in [-0.2, 0) is 0 Å². The van der Waals surface area contributed by atoms with Crippen LogP contribution in [0.25, 0.3) is 28.1 Å². The van der Waals surface area contributed by atoms with E-state index < -0.39 is 0 Å². The minimum absolute atomic E-state index is 0.0989. The van der Waals surface area contributed by atoms with Crippen LogP contribution in [0.4, 0.5) is 0 Å². The van der Waals surface area contributed by atoms with Crippen molar-refractivity contribution in [3.05, 3.63) is 107 Å². The van der Waals surface area contributed by atoms with Crippen molar-refractivity contribution in [1.29, 1.82) is 0 Å². The molecule has 4 aromatic rings. The fourth-order valence-corrected chi connectivity index (χ4v) is 3.09. The second-order valence-electron chi connectivity index (χ2n) is 5.88. The summed E-state index contributed by atoms with van der Waals surface area (Å²) < 4.78 is 1.65. The smallest absolute Gasteiger partial charge is 0.262 e. The summed E-state index contributed by atoms with van der Waals surface area (Å²) in [7, 11) is 0. The number of nitrogens with zero attached hydrogens (tertiary/aromatic N) is 2. The Bertz CT molecular complexity index is 1110. The second kappa shape index (κ2) is 6.98. The third kappa shape index (κ3) is 3.17. The van der Waals surface area contributed by atoms with Gasteiger partial charge in [0.25, 0.3) is 5.56 Å². The van der Waals surface area contributed by atoms with Crippen molar-refractivity contribution in [1.82, 2.24) is 9.55 Å². The maximum Gasteiger partial charge on any atom is 0.262 e. The molecule has 0 aliphatic heterocycles. The number of benzene rings is 2. The molecule has 3 nitrogen and oxygen atoms in total. The Kier molecular flexibility index (Phi) is 4.38. The first-order valence-corrected chi connectivity index (χ1v) is 8.60. The van der Waals surface area contributed by atoms with Gasteiger partial charge in [-0.2, -0.15) is 0 Å². The van der Waals surface area contributed by atoms with E-state index in [0.29, 0.717) is 10.6 Å². The van der Waals surface area contributed by atoms with Crippen molar-refractivity contribution in [2.75, 3.05) is 0 Å². The maximum atomic E-state index is 13.2. The number of halogens is 1. The zero-order valence-corrected chi connectivity index (χ0v) is 14.6. The topological polar surface area (TPSA) is 34.9 Å². The lowest BCUT2D eigenvalue weighted by molar-refractivity contribution is 0.993. The van der Waals surface area contributed by atoms with Gasteiger partial charge in [0.15, 0.2) is 0 Å². The van der Waals surface area contributed by atoms with Gasteiger partial charge in [-0.25, -0.2) is 0 Å². The zero-order chi connectivity index (χ0) is 17.9. The Morgan fingerprint density at radius 2 is 1.62 bits per heavy atom. The number of para-hydroxylation sites is 1. The molecule has 126 valence electrons. The quantitative estimate of drug-likeness (QED) is 0.503. The van der Waals surface area contributed by atoms with Crippen LogP contribution in [0.15, 0.2) is 96.1 Å². The third-order valence-electron chi connectivity index (χ3n) is 4.15. The number of pyridine rings is 2. The van der Waals surface area contributed by atoms with Gasteiger partial charge in [0, 0.05) is 34.2 Å². The summed E-state index contributed by atoms with van der Waals surface area (Å²) in [4.78, 5) is 17.6. The normalized spacial score (nSPS) is 10.7. The maximum absolute atomic E-state index is 13.2. The van der Waals surface area contributed by atoms with Gasteiger partial charge in [-0.1, -0.05) is 48.0 Å². The van der Waals surface area contributed by atoms with Gasteiger partial charge >= 0.3 is 0 Å². The summed E-state index contributed by atoms with van der Waals surface area (Å²) in [6, 6.07) is 24.5. The second-order valence-corrected chi connectivity index (χ2v) is 6.31. The van der Waals surface area contributed by atoms with Gasteiger partial charge in [-0.3, -0.25) is 14.3 Å². The third-order valence-corrected chi connectivity index (χ3v) is 4.38. The van der Waals surface area contributed by atoms with Crippen molar-refractivity contribution in [2.45, 2.75) is 0 Å². The molecule has 0 N–H and O–H groups in total. The monoisotopic (exact) mass is 358 g/mol. The largest absolute Gasteiger partial charge is 0.283 e. The lowest BCUT2D eigenvalue weighted by Crippen LogP contribution is -2.20. The highest BCUT2D eigenvalue weighted by Gasteiger charge is 2.12. The lowest BCUT2D eigenvalue weighted by Gasteiger charge is -2.12. The van der Waals surface area contributed by atoms with Gasteiger partial charge in [0.2, 0.25) is 0 Å². The summed E-state index contributed by atoms with van der Waals surface area (Å²) in [6.07, 6.45) is 3.57. The summed E-state index contributed by atoms with van der Waals surface area (Å²) in [5, 5.41) is 0.594. The van der Waals surface area contributed by atoms with Crippen molar-refractivity contribution in [3.8, 4) is 28.1 Å².